The van der Waals surface area contributed by atoms with Crippen molar-refractivity contribution in [3.05, 3.63) is 0 Å². The molecule has 0 aliphatic carbocycles. The van der Waals surface area contributed by atoms with Gasteiger partial charge in [0.15, 0.2) is 0 Å². The normalized spacial score (nSPS) is 13.8. The van der Waals surface area contributed by atoms with Crippen LogP contribution in [0.1, 0.15) is 6.42 Å². The first-order valence-corrected chi connectivity index (χ1v) is 3.77. The molecule has 0 amide bonds. The molecule has 0 aromatic heterocycles. The van der Waals surface area contributed by atoms with Crippen LogP contribution in [0, 0.1) is 0 Å². The summed E-state index contributed by atoms with van der Waals surface area (Å²) in [6.45, 7) is 0.642. The molecule has 0 bridgehead atoms. The third-order valence-electron chi connectivity index (χ3n) is 0.694. The average Bonchev–Trinajstić information content (AvgIpc) is 1.66. The van der Waals surface area contributed by atoms with Crippen LogP contribution >= 0.6 is 0 Å². The third kappa shape index (κ3) is 6.07. The van der Waals surface area contributed by atoms with Crippen molar-refractivity contribution in [3.8, 4) is 0 Å². The van der Waals surface area contributed by atoms with Crippen LogP contribution in [0.25, 0.3) is 0 Å². The van der Waals surface area contributed by atoms with Gasteiger partial charge in [-0.1, -0.05) is 0 Å². The highest BCUT2D eigenvalue weighted by Crippen LogP contribution is 1.80. The number of nitrogens with two attached hydrogens (primary N) is 1. The Kier molecular flexibility index (Phi) is 5.26. The molecule has 0 aliphatic heterocycles. The van der Waals surface area contributed by atoms with E-state index in [9.17, 15) is 4.21 Å². The minimum atomic E-state index is -1.15. The molecule has 0 aromatic carbocycles. The topological polar surface area (TPSA) is 52.3 Å². The molecule has 1 unspecified atom stereocenters. The lowest BCUT2D eigenvalue weighted by Gasteiger charge is -1.93. The van der Waals surface area contributed by atoms with Gasteiger partial charge < -0.3 is 4.74 Å². The molecule has 0 heterocycles. The summed E-state index contributed by atoms with van der Waals surface area (Å²) in [5.74, 6) is 0.536. The molecule has 0 saturated heterocycles. The van der Waals surface area contributed by atoms with Crippen molar-refractivity contribution < 1.29 is 8.95 Å². The van der Waals surface area contributed by atoms with E-state index in [1.165, 1.54) is 0 Å². The largest absolute Gasteiger partial charge is 0.385 e. The Labute approximate surface area is 51.8 Å². The Morgan fingerprint density at radius 3 is 2.75 bits per heavy atom. The summed E-state index contributed by atoms with van der Waals surface area (Å²) in [5.41, 5.74) is 0. The second-order valence-electron chi connectivity index (χ2n) is 1.43. The summed E-state index contributed by atoms with van der Waals surface area (Å²) in [6.07, 6.45) is 0.777. The minimum absolute atomic E-state index is 0.536. The maximum absolute atomic E-state index is 10.2. The number of hydrogen-bond acceptors (Lipinski definition) is 2. The zero-order chi connectivity index (χ0) is 6.41. The highest BCUT2D eigenvalue weighted by molar-refractivity contribution is 7.82. The lowest BCUT2D eigenvalue weighted by molar-refractivity contribution is 0.200. The Hall–Kier alpha value is 0.0700. The van der Waals surface area contributed by atoms with Crippen molar-refractivity contribution in [3.63, 3.8) is 0 Å². The molecular formula is C4H11NO2S. The van der Waals surface area contributed by atoms with E-state index >= 15 is 0 Å². The Balaban J connectivity index is 2.82. The molecule has 1 atom stereocenters. The summed E-state index contributed by atoms with van der Waals surface area (Å²) >= 11 is 0. The molecule has 0 radical (unpaired) electrons. The summed E-state index contributed by atoms with van der Waals surface area (Å²) in [4.78, 5) is 0. The monoisotopic (exact) mass is 137 g/mol. The van der Waals surface area contributed by atoms with Crippen molar-refractivity contribution in [2.24, 2.45) is 5.14 Å². The van der Waals surface area contributed by atoms with E-state index in [1.807, 2.05) is 0 Å². The van der Waals surface area contributed by atoms with Gasteiger partial charge in [-0.25, -0.2) is 4.21 Å². The zero-order valence-electron chi connectivity index (χ0n) is 4.92. The molecule has 50 valence electrons. The van der Waals surface area contributed by atoms with Crippen LogP contribution in [-0.4, -0.2) is 23.7 Å². The smallest absolute Gasteiger partial charge is 0.0888 e. The molecule has 0 spiro atoms. The summed E-state index contributed by atoms with van der Waals surface area (Å²) in [7, 11) is 0.464. The van der Waals surface area contributed by atoms with E-state index in [4.69, 9.17) is 9.88 Å². The molecular weight excluding hydrogens is 126 g/mol. The predicted molar refractivity (Wildman–Crippen MR) is 33.7 cm³/mol. The van der Waals surface area contributed by atoms with Gasteiger partial charge in [0.05, 0.1) is 11.0 Å². The first-order chi connectivity index (χ1) is 3.77. The molecule has 3 nitrogen and oxygen atoms in total. The fourth-order valence-corrected chi connectivity index (χ4v) is 0.748. The van der Waals surface area contributed by atoms with Gasteiger partial charge in [0.1, 0.15) is 0 Å². The van der Waals surface area contributed by atoms with Crippen molar-refractivity contribution in [2.75, 3.05) is 19.5 Å². The maximum atomic E-state index is 10.2. The molecule has 0 aliphatic rings. The van der Waals surface area contributed by atoms with E-state index in [1.54, 1.807) is 7.11 Å². The van der Waals surface area contributed by atoms with Crippen LogP contribution in [0.15, 0.2) is 0 Å². The fourth-order valence-electron chi connectivity index (χ4n) is 0.346. The lowest BCUT2D eigenvalue weighted by Crippen LogP contribution is -2.08. The summed E-state index contributed by atoms with van der Waals surface area (Å²) in [6, 6.07) is 0. The van der Waals surface area contributed by atoms with E-state index in [-0.39, 0.29) is 0 Å². The predicted octanol–water partition coefficient (Wildman–Crippen LogP) is -0.355. The van der Waals surface area contributed by atoms with E-state index in [2.05, 4.69) is 0 Å². The van der Waals surface area contributed by atoms with Gasteiger partial charge in [-0.15, -0.1) is 0 Å². The SMILES string of the molecule is COCCCS(N)=O. The van der Waals surface area contributed by atoms with E-state index in [0.717, 1.165) is 6.42 Å². The zero-order valence-corrected chi connectivity index (χ0v) is 5.74. The molecule has 0 fully saturated rings. The molecule has 2 N–H and O–H groups in total. The standard InChI is InChI=1S/C4H11NO2S/c1-7-3-2-4-8(5)6/h2-5H2,1H3. The van der Waals surface area contributed by atoms with Crippen molar-refractivity contribution in [2.45, 2.75) is 6.42 Å². The van der Waals surface area contributed by atoms with Crippen molar-refractivity contribution in [1.29, 1.82) is 0 Å². The Morgan fingerprint density at radius 1 is 1.75 bits per heavy atom. The van der Waals surface area contributed by atoms with Gasteiger partial charge in [0.2, 0.25) is 0 Å². The highest BCUT2D eigenvalue weighted by atomic mass is 32.2. The second kappa shape index (κ2) is 5.21. The molecule has 0 saturated carbocycles. The van der Waals surface area contributed by atoms with Crippen LogP contribution in [0.5, 0.6) is 0 Å². The number of ether oxygens (including phenoxy) is 1. The van der Waals surface area contributed by atoms with Crippen LogP contribution in [-0.2, 0) is 15.7 Å². The van der Waals surface area contributed by atoms with Gasteiger partial charge in [0, 0.05) is 19.5 Å². The maximum Gasteiger partial charge on any atom is 0.0888 e. The van der Waals surface area contributed by atoms with Crippen LogP contribution in [0.2, 0.25) is 0 Å². The summed E-state index contributed by atoms with van der Waals surface area (Å²) in [5, 5.41) is 4.95. The first kappa shape index (κ1) is 8.07. The van der Waals surface area contributed by atoms with Gasteiger partial charge in [-0.2, -0.15) is 0 Å². The molecule has 0 aromatic rings. The molecule has 4 heteroatoms. The van der Waals surface area contributed by atoms with E-state index in [0.29, 0.717) is 12.4 Å². The van der Waals surface area contributed by atoms with Crippen LogP contribution in [0.3, 0.4) is 0 Å². The Bertz CT molecular complexity index is 76.4. The quantitative estimate of drug-likeness (QED) is 0.538. The van der Waals surface area contributed by atoms with Gasteiger partial charge in [-0.05, 0) is 6.42 Å². The fraction of sp³-hybridized carbons (Fsp3) is 1.00. The minimum Gasteiger partial charge on any atom is -0.385 e. The number of rotatable bonds is 4. The Morgan fingerprint density at radius 2 is 2.38 bits per heavy atom. The molecule has 8 heavy (non-hydrogen) atoms. The van der Waals surface area contributed by atoms with Gasteiger partial charge in [0.25, 0.3) is 0 Å². The summed E-state index contributed by atoms with van der Waals surface area (Å²) < 4.78 is 14.9. The first-order valence-electron chi connectivity index (χ1n) is 2.39. The van der Waals surface area contributed by atoms with Gasteiger partial charge >= 0.3 is 0 Å². The van der Waals surface area contributed by atoms with Crippen molar-refractivity contribution in [1.82, 2.24) is 0 Å². The third-order valence-corrected chi connectivity index (χ3v) is 1.39. The average molecular weight is 137 g/mol. The van der Waals surface area contributed by atoms with Crippen LogP contribution in [0.4, 0.5) is 0 Å². The second-order valence-corrected chi connectivity index (χ2v) is 2.60. The van der Waals surface area contributed by atoms with Crippen molar-refractivity contribution >= 4 is 11.0 Å². The number of hydrogen-bond donors (Lipinski definition) is 1. The van der Waals surface area contributed by atoms with Crippen LogP contribution < -0.4 is 5.14 Å². The lowest BCUT2D eigenvalue weighted by atomic mass is 10.5. The van der Waals surface area contributed by atoms with E-state index < -0.39 is 11.0 Å². The highest BCUT2D eigenvalue weighted by Gasteiger charge is 1.88. The molecule has 0 rings (SSSR count). The van der Waals surface area contributed by atoms with Gasteiger partial charge in [-0.3, -0.25) is 5.14 Å². The number of methoxy groups -OCH3 is 1.